The van der Waals surface area contributed by atoms with Gasteiger partial charge in [-0.25, -0.2) is 4.98 Å². The van der Waals surface area contributed by atoms with Gasteiger partial charge in [-0.2, -0.15) is 22.1 Å². The maximum atomic E-state index is 12.3. The lowest BCUT2D eigenvalue weighted by Gasteiger charge is -2.32. The Morgan fingerprint density at radius 1 is 1.19 bits per heavy atom. The van der Waals surface area contributed by atoms with Crippen LogP contribution in [-0.2, 0) is 10.2 Å². The molecular formula is C17H26N6O2S. The first kappa shape index (κ1) is 18.9. The number of aromatic nitrogens is 4. The normalized spacial score (nSPS) is 17.3. The van der Waals surface area contributed by atoms with E-state index in [1.165, 1.54) is 8.61 Å². The molecule has 0 N–H and O–H groups in total. The lowest BCUT2D eigenvalue weighted by atomic mass is 9.95. The van der Waals surface area contributed by atoms with Gasteiger partial charge < -0.3 is 0 Å². The smallest absolute Gasteiger partial charge is 0.261 e. The van der Waals surface area contributed by atoms with Gasteiger partial charge in [0.1, 0.15) is 5.69 Å². The van der Waals surface area contributed by atoms with Crippen LogP contribution in [0.25, 0.3) is 11.4 Å². The van der Waals surface area contributed by atoms with E-state index in [-0.39, 0.29) is 12.0 Å². The molecule has 1 fully saturated rings. The highest BCUT2D eigenvalue weighted by atomic mass is 32.2. The third kappa shape index (κ3) is 3.65. The molecule has 0 saturated carbocycles. The van der Waals surface area contributed by atoms with E-state index < -0.39 is 10.2 Å². The van der Waals surface area contributed by atoms with Crippen molar-refractivity contribution in [3.05, 3.63) is 30.4 Å². The van der Waals surface area contributed by atoms with Crippen LogP contribution in [0.4, 0.5) is 0 Å². The zero-order valence-electron chi connectivity index (χ0n) is 15.7. The number of hydrogen-bond donors (Lipinski definition) is 0. The van der Waals surface area contributed by atoms with Crippen LogP contribution in [0.2, 0.25) is 0 Å². The molecule has 142 valence electrons. The second-order valence-electron chi connectivity index (χ2n) is 7.05. The summed E-state index contributed by atoms with van der Waals surface area (Å²) >= 11 is 0. The van der Waals surface area contributed by atoms with E-state index in [9.17, 15) is 8.42 Å². The molecule has 3 heterocycles. The van der Waals surface area contributed by atoms with Crippen molar-refractivity contribution in [3.63, 3.8) is 0 Å². The van der Waals surface area contributed by atoms with Gasteiger partial charge >= 0.3 is 0 Å². The van der Waals surface area contributed by atoms with E-state index >= 15 is 0 Å². The Morgan fingerprint density at radius 2 is 1.88 bits per heavy atom. The van der Waals surface area contributed by atoms with Gasteiger partial charge in [0.2, 0.25) is 0 Å². The third-order valence-electron chi connectivity index (χ3n) is 4.73. The maximum absolute atomic E-state index is 12.3. The summed E-state index contributed by atoms with van der Waals surface area (Å²) in [7, 11) is -0.218. The van der Waals surface area contributed by atoms with E-state index in [2.05, 4.69) is 23.9 Å². The average molecular weight is 379 g/mol. The van der Waals surface area contributed by atoms with Gasteiger partial charge in [-0.05, 0) is 32.8 Å². The van der Waals surface area contributed by atoms with Crippen molar-refractivity contribution in [2.45, 2.75) is 38.6 Å². The fourth-order valence-electron chi connectivity index (χ4n) is 3.24. The molecule has 1 aliphatic rings. The number of nitrogens with zero attached hydrogens (tertiary/aromatic N) is 6. The third-order valence-corrected chi connectivity index (χ3v) is 6.68. The number of rotatable bonds is 5. The zero-order valence-corrected chi connectivity index (χ0v) is 16.5. The molecule has 0 amide bonds. The molecule has 0 bridgehead atoms. The number of hydrogen-bond acceptors (Lipinski definition) is 5. The molecule has 2 aromatic rings. The topological polar surface area (TPSA) is 84.2 Å². The van der Waals surface area contributed by atoms with Gasteiger partial charge in [-0.1, -0.05) is 0 Å². The van der Waals surface area contributed by atoms with Crippen molar-refractivity contribution in [1.29, 1.82) is 0 Å². The molecule has 1 saturated heterocycles. The van der Waals surface area contributed by atoms with Gasteiger partial charge in [0.05, 0.1) is 17.6 Å². The summed E-state index contributed by atoms with van der Waals surface area (Å²) in [6.45, 7) is 5.16. The first-order valence-electron chi connectivity index (χ1n) is 8.84. The molecular weight excluding hydrogens is 352 g/mol. The first-order chi connectivity index (χ1) is 12.3. The van der Waals surface area contributed by atoms with Gasteiger partial charge in [0, 0.05) is 51.5 Å². The summed E-state index contributed by atoms with van der Waals surface area (Å²) in [6, 6.07) is 2.19. The summed E-state index contributed by atoms with van der Waals surface area (Å²) in [5.41, 5.74) is 2.67. The van der Waals surface area contributed by atoms with E-state index in [1.54, 1.807) is 32.7 Å². The zero-order chi connectivity index (χ0) is 18.9. The van der Waals surface area contributed by atoms with Crippen molar-refractivity contribution >= 4 is 10.2 Å². The Kier molecular flexibility index (Phi) is 5.40. The summed E-state index contributed by atoms with van der Waals surface area (Å²) in [4.78, 5) is 9.17. The molecule has 0 spiro atoms. The fourth-order valence-corrected chi connectivity index (χ4v) is 4.38. The fraction of sp³-hybridized carbons (Fsp3) is 0.588. The summed E-state index contributed by atoms with van der Waals surface area (Å²) < 4.78 is 29.2. The highest BCUT2D eigenvalue weighted by Gasteiger charge is 2.30. The summed E-state index contributed by atoms with van der Waals surface area (Å²) in [5, 5.41) is 4.36. The molecule has 0 aromatic carbocycles. The molecule has 8 nitrogen and oxygen atoms in total. The van der Waals surface area contributed by atoms with Crippen molar-refractivity contribution in [2.24, 2.45) is 0 Å². The average Bonchev–Trinajstić information content (AvgIpc) is 3.12. The predicted molar refractivity (Wildman–Crippen MR) is 99.8 cm³/mol. The molecule has 1 aliphatic heterocycles. The van der Waals surface area contributed by atoms with Crippen LogP contribution < -0.4 is 0 Å². The molecule has 0 radical (unpaired) electrons. The van der Waals surface area contributed by atoms with E-state index in [0.29, 0.717) is 13.1 Å². The lowest BCUT2D eigenvalue weighted by Crippen LogP contribution is -2.44. The lowest BCUT2D eigenvalue weighted by molar-refractivity contribution is 0.300. The van der Waals surface area contributed by atoms with E-state index in [0.717, 1.165) is 29.9 Å². The van der Waals surface area contributed by atoms with Crippen molar-refractivity contribution in [3.8, 4) is 11.4 Å². The largest absolute Gasteiger partial charge is 0.281 e. The van der Waals surface area contributed by atoms with Crippen LogP contribution in [-0.4, -0.2) is 64.0 Å². The first-order valence-corrected chi connectivity index (χ1v) is 10.2. The summed E-state index contributed by atoms with van der Waals surface area (Å²) in [5.74, 6) is 0.214. The SMILES string of the molecule is CC(C)n1nccc1-c1cncc(C2CCN(S(=O)(=O)N(C)C)CC2)n1. The number of piperidine rings is 1. The maximum Gasteiger partial charge on any atom is 0.281 e. The molecule has 0 atom stereocenters. The Hall–Kier alpha value is -1.84. The van der Waals surface area contributed by atoms with Gasteiger partial charge in [0.25, 0.3) is 10.2 Å². The highest BCUT2D eigenvalue weighted by molar-refractivity contribution is 7.86. The van der Waals surface area contributed by atoms with E-state index in [4.69, 9.17) is 4.98 Å². The Morgan fingerprint density at radius 3 is 2.50 bits per heavy atom. The molecule has 0 aliphatic carbocycles. The molecule has 0 unspecified atom stereocenters. The van der Waals surface area contributed by atoms with Crippen LogP contribution in [0.15, 0.2) is 24.7 Å². The Labute approximate surface area is 155 Å². The Balaban J connectivity index is 1.77. The van der Waals surface area contributed by atoms with Gasteiger partial charge in [-0.3, -0.25) is 9.67 Å². The monoisotopic (exact) mass is 378 g/mol. The molecule has 26 heavy (non-hydrogen) atoms. The quantitative estimate of drug-likeness (QED) is 0.793. The molecule has 2 aromatic heterocycles. The summed E-state index contributed by atoms with van der Waals surface area (Å²) in [6.07, 6.45) is 6.81. The molecule has 3 rings (SSSR count). The highest BCUT2D eigenvalue weighted by Crippen LogP contribution is 2.29. The molecule has 9 heteroatoms. The predicted octanol–water partition coefficient (Wildman–Crippen LogP) is 1.91. The van der Waals surface area contributed by atoms with E-state index in [1.807, 2.05) is 10.7 Å². The minimum absolute atomic E-state index is 0.214. The second kappa shape index (κ2) is 7.42. The van der Waals surface area contributed by atoms with Crippen LogP contribution in [0.1, 0.15) is 44.3 Å². The minimum atomic E-state index is -3.35. The van der Waals surface area contributed by atoms with Crippen LogP contribution >= 0.6 is 0 Å². The second-order valence-corrected chi connectivity index (χ2v) is 9.19. The Bertz CT molecular complexity index is 854. The van der Waals surface area contributed by atoms with Gasteiger partial charge in [0.15, 0.2) is 0 Å². The van der Waals surface area contributed by atoms with Crippen LogP contribution in [0.3, 0.4) is 0 Å². The standard InChI is InChI=1S/C17H26N6O2S/c1-13(2)23-17(5-8-19-23)16-12-18-11-15(20-16)14-6-9-22(10-7-14)26(24,25)21(3)4/h5,8,11-14H,6-7,9-10H2,1-4H3. The van der Waals surface area contributed by atoms with Crippen LogP contribution in [0.5, 0.6) is 0 Å². The van der Waals surface area contributed by atoms with Crippen molar-refractivity contribution < 1.29 is 8.42 Å². The van der Waals surface area contributed by atoms with Crippen molar-refractivity contribution in [1.82, 2.24) is 28.4 Å². The van der Waals surface area contributed by atoms with Gasteiger partial charge in [-0.15, -0.1) is 0 Å². The van der Waals surface area contributed by atoms with Crippen molar-refractivity contribution in [2.75, 3.05) is 27.2 Å². The minimum Gasteiger partial charge on any atom is -0.261 e. The van der Waals surface area contributed by atoms with Crippen LogP contribution in [0, 0.1) is 0 Å².